The summed E-state index contributed by atoms with van der Waals surface area (Å²) in [6, 6.07) is 9.65. The van der Waals surface area contributed by atoms with Gasteiger partial charge in [-0.05, 0) is 48.6 Å². The number of fused-ring (bicyclic) bond motifs is 1. The molecule has 102 valence electrons. The molecule has 0 aliphatic rings. The Kier molecular flexibility index (Phi) is 3.52. The van der Waals surface area contributed by atoms with Crippen LogP contribution in [0.2, 0.25) is 0 Å². The van der Waals surface area contributed by atoms with Crippen molar-refractivity contribution in [3.8, 4) is 0 Å². The van der Waals surface area contributed by atoms with E-state index in [1.165, 1.54) is 10.4 Å². The minimum absolute atomic E-state index is 0.122. The Balaban J connectivity index is 1.63. The third-order valence-electron chi connectivity index (χ3n) is 3.21. The van der Waals surface area contributed by atoms with Crippen molar-refractivity contribution < 1.29 is 4.79 Å². The highest BCUT2D eigenvalue weighted by Crippen LogP contribution is 2.15. The van der Waals surface area contributed by atoms with Crippen LogP contribution in [-0.2, 0) is 6.42 Å². The SMILES string of the molecule is Cc1ccsc1CCNC(=O)c1cc2ccccn2n1. The number of aryl methyl sites for hydroxylation is 1. The largest absolute Gasteiger partial charge is 0.350 e. The normalized spacial score (nSPS) is 10.8. The minimum atomic E-state index is -0.122. The number of rotatable bonds is 4. The van der Waals surface area contributed by atoms with Crippen LogP contribution in [-0.4, -0.2) is 22.1 Å². The summed E-state index contributed by atoms with van der Waals surface area (Å²) < 4.78 is 1.71. The van der Waals surface area contributed by atoms with Crippen LogP contribution in [0.5, 0.6) is 0 Å². The van der Waals surface area contributed by atoms with E-state index in [0.717, 1.165) is 11.9 Å². The van der Waals surface area contributed by atoms with Crippen LogP contribution in [0.25, 0.3) is 5.52 Å². The first kappa shape index (κ1) is 12.9. The summed E-state index contributed by atoms with van der Waals surface area (Å²) in [6.07, 6.45) is 2.70. The molecule has 1 amide bonds. The van der Waals surface area contributed by atoms with Gasteiger partial charge in [0, 0.05) is 17.6 Å². The fourth-order valence-corrected chi connectivity index (χ4v) is 3.00. The summed E-state index contributed by atoms with van der Waals surface area (Å²) >= 11 is 1.73. The van der Waals surface area contributed by atoms with E-state index in [1.807, 2.05) is 24.4 Å². The zero-order chi connectivity index (χ0) is 13.9. The summed E-state index contributed by atoms with van der Waals surface area (Å²) in [5.41, 5.74) is 2.67. The molecular weight excluding hydrogens is 270 g/mol. The van der Waals surface area contributed by atoms with Crippen LogP contribution >= 0.6 is 11.3 Å². The third-order valence-corrected chi connectivity index (χ3v) is 4.29. The molecule has 0 aromatic carbocycles. The molecule has 3 aromatic rings. The number of nitrogens with zero attached hydrogens (tertiary/aromatic N) is 2. The first-order valence-electron chi connectivity index (χ1n) is 6.49. The van der Waals surface area contributed by atoms with Gasteiger partial charge in [-0.3, -0.25) is 4.79 Å². The Bertz CT molecular complexity index is 711. The number of aromatic nitrogens is 2. The van der Waals surface area contributed by atoms with Gasteiger partial charge in [-0.2, -0.15) is 5.10 Å². The van der Waals surface area contributed by atoms with Gasteiger partial charge in [-0.1, -0.05) is 6.07 Å². The maximum atomic E-state index is 12.0. The van der Waals surface area contributed by atoms with Crippen LogP contribution < -0.4 is 5.32 Å². The summed E-state index contributed by atoms with van der Waals surface area (Å²) in [5.74, 6) is -0.122. The number of pyridine rings is 1. The number of amides is 1. The molecule has 0 unspecified atom stereocenters. The average Bonchev–Trinajstić information content (AvgIpc) is 3.05. The van der Waals surface area contributed by atoms with Gasteiger partial charge in [-0.15, -0.1) is 11.3 Å². The van der Waals surface area contributed by atoms with Gasteiger partial charge in [-0.25, -0.2) is 4.52 Å². The third kappa shape index (κ3) is 2.58. The summed E-state index contributed by atoms with van der Waals surface area (Å²) in [5, 5.41) is 9.25. The van der Waals surface area contributed by atoms with E-state index in [1.54, 1.807) is 21.9 Å². The summed E-state index contributed by atoms with van der Waals surface area (Å²) in [6.45, 7) is 2.73. The van der Waals surface area contributed by atoms with E-state index in [4.69, 9.17) is 0 Å². The Labute approximate surface area is 121 Å². The molecule has 3 rings (SSSR count). The predicted molar refractivity (Wildman–Crippen MR) is 80.3 cm³/mol. The summed E-state index contributed by atoms with van der Waals surface area (Å²) in [4.78, 5) is 13.4. The second kappa shape index (κ2) is 5.46. The lowest BCUT2D eigenvalue weighted by atomic mass is 10.2. The fraction of sp³-hybridized carbons (Fsp3) is 0.200. The molecule has 5 heteroatoms. The van der Waals surface area contributed by atoms with Crippen LogP contribution in [0.1, 0.15) is 20.9 Å². The standard InChI is InChI=1S/C15H15N3OS/c1-11-6-9-20-14(11)5-7-16-15(19)13-10-12-4-2-3-8-18(12)17-13/h2-4,6,8-10H,5,7H2,1H3,(H,16,19). The molecule has 3 aromatic heterocycles. The van der Waals surface area contributed by atoms with E-state index < -0.39 is 0 Å². The highest BCUT2D eigenvalue weighted by Gasteiger charge is 2.10. The average molecular weight is 285 g/mol. The van der Waals surface area contributed by atoms with Crippen molar-refractivity contribution in [2.45, 2.75) is 13.3 Å². The zero-order valence-corrected chi connectivity index (χ0v) is 12.0. The topological polar surface area (TPSA) is 46.4 Å². The van der Waals surface area contributed by atoms with Crippen LogP contribution in [0.4, 0.5) is 0 Å². The lowest BCUT2D eigenvalue weighted by Crippen LogP contribution is -2.26. The van der Waals surface area contributed by atoms with Crippen molar-refractivity contribution in [3.05, 3.63) is 58.0 Å². The highest BCUT2D eigenvalue weighted by atomic mass is 32.1. The maximum Gasteiger partial charge on any atom is 0.271 e. The molecule has 20 heavy (non-hydrogen) atoms. The van der Waals surface area contributed by atoms with Crippen molar-refractivity contribution in [2.75, 3.05) is 6.54 Å². The number of nitrogens with one attached hydrogen (secondary N) is 1. The van der Waals surface area contributed by atoms with Crippen molar-refractivity contribution in [1.29, 1.82) is 0 Å². The molecular formula is C15H15N3OS. The molecule has 0 fully saturated rings. The van der Waals surface area contributed by atoms with E-state index in [0.29, 0.717) is 12.2 Å². The molecule has 0 saturated carbocycles. The van der Waals surface area contributed by atoms with Crippen molar-refractivity contribution in [3.63, 3.8) is 0 Å². The van der Waals surface area contributed by atoms with Gasteiger partial charge in [0.25, 0.3) is 5.91 Å². The zero-order valence-electron chi connectivity index (χ0n) is 11.2. The lowest BCUT2D eigenvalue weighted by Gasteiger charge is -2.02. The number of hydrogen-bond acceptors (Lipinski definition) is 3. The number of thiophene rings is 1. The Morgan fingerprint density at radius 1 is 1.40 bits per heavy atom. The molecule has 1 N–H and O–H groups in total. The number of hydrogen-bond donors (Lipinski definition) is 1. The molecule has 0 aliphatic heterocycles. The molecule has 0 radical (unpaired) electrons. The van der Waals surface area contributed by atoms with Crippen molar-refractivity contribution >= 4 is 22.8 Å². The molecule has 4 nitrogen and oxygen atoms in total. The monoisotopic (exact) mass is 285 g/mol. The number of carbonyl (C=O) groups is 1. The van der Waals surface area contributed by atoms with Gasteiger partial charge < -0.3 is 5.32 Å². The van der Waals surface area contributed by atoms with E-state index >= 15 is 0 Å². The van der Waals surface area contributed by atoms with Gasteiger partial charge in [0.1, 0.15) is 0 Å². The second-order valence-corrected chi connectivity index (χ2v) is 5.63. The molecule has 0 bridgehead atoms. The smallest absolute Gasteiger partial charge is 0.271 e. The van der Waals surface area contributed by atoms with Gasteiger partial charge in [0.2, 0.25) is 0 Å². The van der Waals surface area contributed by atoms with Crippen LogP contribution in [0, 0.1) is 6.92 Å². The van der Waals surface area contributed by atoms with E-state index in [2.05, 4.69) is 28.8 Å². The van der Waals surface area contributed by atoms with Crippen LogP contribution in [0.15, 0.2) is 41.9 Å². The Morgan fingerprint density at radius 3 is 3.05 bits per heavy atom. The quantitative estimate of drug-likeness (QED) is 0.801. The molecule has 0 atom stereocenters. The van der Waals surface area contributed by atoms with Crippen LogP contribution in [0.3, 0.4) is 0 Å². The fourth-order valence-electron chi connectivity index (χ4n) is 2.09. The summed E-state index contributed by atoms with van der Waals surface area (Å²) in [7, 11) is 0. The predicted octanol–water partition coefficient (Wildman–Crippen LogP) is 2.68. The van der Waals surface area contributed by atoms with Crippen molar-refractivity contribution in [2.24, 2.45) is 0 Å². The molecule has 3 heterocycles. The molecule has 0 aliphatic carbocycles. The van der Waals surface area contributed by atoms with E-state index in [-0.39, 0.29) is 5.91 Å². The van der Waals surface area contributed by atoms with Gasteiger partial charge in [0.15, 0.2) is 5.69 Å². The first-order valence-corrected chi connectivity index (χ1v) is 7.37. The Hall–Kier alpha value is -2.14. The minimum Gasteiger partial charge on any atom is -0.350 e. The second-order valence-electron chi connectivity index (χ2n) is 4.63. The highest BCUT2D eigenvalue weighted by molar-refractivity contribution is 7.10. The van der Waals surface area contributed by atoms with Gasteiger partial charge in [0.05, 0.1) is 5.52 Å². The maximum absolute atomic E-state index is 12.0. The molecule has 0 saturated heterocycles. The Morgan fingerprint density at radius 2 is 2.30 bits per heavy atom. The number of carbonyl (C=O) groups excluding carboxylic acids is 1. The van der Waals surface area contributed by atoms with E-state index in [9.17, 15) is 4.79 Å². The molecule has 0 spiro atoms. The lowest BCUT2D eigenvalue weighted by molar-refractivity contribution is 0.0949. The van der Waals surface area contributed by atoms with Crippen molar-refractivity contribution in [1.82, 2.24) is 14.9 Å². The first-order chi connectivity index (χ1) is 9.74. The van der Waals surface area contributed by atoms with Gasteiger partial charge >= 0.3 is 0 Å².